The first kappa shape index (κ1) is 18.3. The van der Waals surface area contributed by atoms with Crippen molar-refractivity contribution in [2.45, 2.75) is 52.1 Å². The lowest BCUT2D eigenvalue weighted by molar-refractivity contribution is -0.122. The number of anilines is 1. The summed E-state index contributed by atoms with van der Waals surface area (Å²) in [6.45, 7) is 4.49. The van der Waals surface area contributed by atoms with Gasteiger partial charge in [0.1, 0.15) is 11.5 Å². The van der Waals surface area contributed by atoms with Crippen LogP contribution in [-0.4, -0.2) is 18.6 Å². The van der Waals surface area contributed by atoms with Gasteiger partial charge >= 0.3 is 0 Å². The van der Waals surface area contributed by atoms with E-state index in [1.807, 2.05) is 44.2 Å². The van der Waals surface area contributed by atoms with Gasteiger partial charge in [0, 0.05) is 11.8 Å². The molecule has 0 spiro atoms. The number of rotatable bonds is 7. The minimum atomic E-state index is -0.521. The Morgan fingerprint density at radius 1 is 1.04 bits per heavy atom. The summed E-state index contributed by atoms with van der Waals surface area (Å²) >= 11 is 0. The highest BCUT2D eigenvalue weighted by Gasteiger charge is 2.20. The lowest BCUT2D eigenvalue weighted by Crippen LogP contribution is -2.32. The minimum absolute atomic E-state index is 0.140. The Hall–Kier alpha value is -2.49. The first-order valence-electron chi connectivity index (χ1n) is 9.51. The van der Waals surface area contributed by atoms with E-state index in [2.05, 4.69) is 17.4 Å². The minimum Gasteiger partial charge on any atom is -0.494 e. The fourth-order valence-corrected chi connectivity index (χ4v) is 3.32. The molecule has 2 aromatic rings. The van der Waals surface area contributed by atoms with Gasteiger partial charge in [-0.15, -0.1) is 0 Å². The van der Waals surface area contributed by atoms with Crippen LogP contribution in [0, 0.1) is 0 Å². The zero-order valence-corrected chi connectivity index (χ0v) is 15.6. The second kappa shape index (κ2) is 8.75. The molecule has 0 fully saturated rings. The second-order valence-electron chi connectivity index (χ2n) is 6.60. The standard InChI is InChI=1S/C22H27NO3/c1-3-21(22(24)23-18-10-7-11-19(15-18)25-4-2)26-20-13-12-16-8-5-6-9-17(16)14-20/h7,10-15,21H,3-6,8-9H2,1-2H3,(H,23,24)/t21-/m0/s1. The number of nitrogens with one attached hydrogen (secondary N) is 1. The molecule has 0 saturated carbocycles. The number of benzene rings is 2. The number of aryl methyl sites for hydroxylation is 2. The molecule has 4 heteroatoms. The van der Waals surface area contributed by atoms with Gasteiger partial charge in [-0.25, -0.2) is 0 Å². The Balaban J connectivity index is 1.66. The molecule has 1 aliphatic rings. The van der Waals surface area contributed by atoms with E-state index >= 15 is 0 Å². The van der Waals surface area contributed by atoms with Crippen molar-refractivity contribution in [1.82, 2.24) is 0 Å². The van der Waals surface area contributed by atoms with Gasteiger partial charge in [0.05, 0.1) is 6.61 Å². The molecule has 1 amide bonds. The highest BCUT2D eigenvalue weighted by atomic mass is 16.5. The number of fused-ring (bicyclic) bond motifs is 1. The van der Waals surface area contributed by atoms with E-state index in [9.17, 15) is 4.79 Å². The lowest BCUT2D eigenvalue weighted by Gasteiger charge is -2.20. The summed E-state index contributed by atoms with van der Waals surface area (Å²) < 4.78 is 11.5. The Morgan fingerprint density at radius 2 is 1.85 bits per heavy atom. The molecule has 2 aromatic carbocycles. The monoisotopic (exact) mass is 353 g/mol. The van der Waals surface area contributed by atoms with Crippen LogP contribution in [0.5, 0.6) is 11.5 Å². The number of amides is 1. The topological polar surface area (TPSA) is 47.6 Å². The average Bonchev–Trinajstić information content (AvgIpc) is 2.66. The molecule has 0 aromatic heterocycles. The molecule has 0 radical (unpaired) electrons. The normalized spacial score (nSPS) is 14.2. The van der Waals surface area contributed by atoms with Crippen LogP contribution in [0.2, 0.25) is 0 Å². The molecule has 0 unspecified atom stereocenters. The largest absolute Gasteiger partial charge is 0.494 e. The van der Waals surface area contributed by atoms with Crippen molar-refractivity contribution in [3.63, 3.8) is 0 Å². The molecule has 1 N–H and O–H groups in total. The SMILES string of the molecule is CCOc1cccc(NC(=O)[C@H](CC)Oc2ccc3c(c2)CCCC3)c1. The Labute approximate surface area is 155 Å². The first-order valence-corrected chi connectivity index (χ1v) is 9.51. The summed E-state index contributed by atoms with van der Waals surface area (Å²) in [6.07, 6.45) is 4.81. The zero-order chi connectivity index (χ0) is 18.4. The molecule has 0 saturated heterocycles. The third-order valence-corrected chi connectivity index (χ3v) is 4.67. The highest BCUT2D eigenvalue weighted by molar-refractivity contribution is 5.94. The molecule has 4 nitrogen and oxygen atoms in total. The van der Waals surface area contributed by atoms with Crippen molar-refractivity contribution in [3.8, 4) is 11.5 Å². The molecule has 0 heterocycles. The van der Waals surface area contributed by atoms with Crippen molar-refractivity contribution in [1.29, 1.82) is 0 Å². The number of hydrogen-bond acceptors (Lipinski definition) is 3. The van der Waals surface area contributed by atoms with Crippen LogP contribution < -0.4 is 14.8 Å². The Bertz CT molecular complexity index is 757. The van der Waals surface area contributed by atoms with Gasteiger partial charge in [-0.05, 0) is 74.4 Å². The van der Waals surface area contributed by atoms with Crippen LogP contribution in [0.3, 0.4) is 0 Å². The summed E-state index contributed by atoms with van der Waals surface area (Å²) in [5.41, 5.74) is 3.48. The maximum Gasteiger partial charge on any atom is 0.265 e. The number of carbonyl (C=O) groups excluding carboxylic acids is 1. The van der Waals surface area contributed by atoms with E-state index in [0.29, 0.717) is 18.7 Å². The molecule has 0 aliphatic heterocycles. The fourth-order valence-electron chi connectivity index (χ4n) is 3.32. The lowest BCUT2D eigenvalue weighted by atomic mass is 9.92. The van der Waals surface area contributed by atoms with Gasteiger partial charge in [-0.2, -0.15) is 0 Å². The summed E-state index contributed by atoms with van der Waals surface area (Å²) in [6, 6.07) is 13.6. The van der Waals surface area contributed by atoms with Gasteiger partial charge in [-0.3, -0.25) is 4.79 Å². The van der Waals surface area contributed by atoms with E-state index in [4.69, 9.17) is 9.47 Å². The third kappa shape index (κ3) is 4.57. The number of carbonyl (C=O) groups is 1. The predicted octanol–water partition coefficient (Wildman–Crippen LogP) is 4.76. The van der Waals surface area contributed by atoms with E-state index in [1.165, 1.54) is 24.0 Å². The molecule has 26 heavy (non-hydrogen) atoms. The molecule has 0 bridgehead atoms. The number of ether oxygens (including phenoxy) is 2. The molecule has 1 atom stereocenters. The maximum absolute atomic E-state index is 12.6. The maximum atomic E-state index is 12.6. The molecule has 1 aliphatic carbocycles. The quantitative estimate of drug-likeness (QED) is 0.781. The van der Waals surface area contributed by atoms with E-state index < -0.39 is 6.10 Å². The zero-order valence-electron chi connectivity index (χ0n) is 15.6. The Kier molecular flexibility index (Phi) is 6.16. The highest BCUT2D eigenvalue weighted by Crippen LogP contribution is 2.26. The molecular formula is C22H27NO3. The predicted molar refractivity (Wildman–Crippen MR) is 104 cm³/mol. The van der Waals surface area contributed by atoms with Crippen LogP contribution in [0.25, 0.3) is 0 Å². The summed E-state index contributed by atoms with van der Waals surface area (Å²) in [5, 5.41) is 2.93. The average molecular weight is 353 g/mol. The van der Waals surface area contributed by atoms with Gasteiger partial charge in [0.15, 0.2) is 6.10 Å². The van der Waals surface area contributed by atoms with Crippen LogP contribution in [-0.2, 0) is 17.6 Å². The van der Waals surface area contributed by atoms with Crippen molar-refractivity contribution in [2.24, 2.45) is 0 Å². The van der Waals surface area contributed by atoms with Crippen molar-refractivity contribution in [3.05, 3.63) is 53.6 Å². The molecular weight excluding hydrogens is 326 g/mol. The van der Waals surface area contributed by atoms with Crippen molar-refractivity contribution >= 4 is 11.6 Å². The first-order chi connectivity index (χ1) is 12.7. The van der Waals surface area contributed by atoms with Gasteiger partial charge in [0.25, 0.3) is 5.91 Å². The smallest absolute Gasteiger partial charge is 0.265 e. The van der Waals surface area contributed by atoms with E-state index in [0.717, 1.165) is 24.3 Å². The summed E-state index contributed by atoms with van der Waals surface area (Å²) in [4.78, 5) is 12.6. The Morgan fingerprint density at radius 3 is 2.62 bits per heavy atom. The summed E-state index contributed by atoms with van der Waals surface area (Å²) in [5.74, 6) is 1.38. The van der Waals surface area contributed by atoms with Gasteiger partial charge in [-0.1, -0.05) is 19.1 Å². The summed E-state index contributed by atoms with van der Waals surface area (Å²) in [7, 11) is 0. The van der Waals surface area contributed by atoms with Crippen molar-refractivity contribution in [2.75, 3.05) is 11.9 Å². The van der Waals surface area contributed by atoms with Gasteiger partial charge in [0.2, 0.25) is 0 Å². The van der Waals surface area contributed by atoms with Crippen LogP contribution in [0.4, 0.5) is 5.69 Å². The van der Waals surface area contributed by atoms with E-state index in [1.54, 1.807) is 0 Å². The second-order valence-corrected chi connectivity index (χ2v) is 6.60. The number of hydrogen-bond donors (Lipinski definition) is 1. The van der Waals surface area contributed by atoms with Crippen molar-refractivity contribution < 1.29 is 14.3 Å². The van der Waals surface area contributed by atoms with E-state index in [-0.39, 0.29) is 5.91 Å². The molecule has 138 valence electrons. The van der Waals surface area contributed by atoms with Crippen LogP contribution >= 0.6 is 0 Å². The fraction of sp³-hybridized carbons (Fsp3) is 0.409. The van der Waals surface area contributed by atoms with Crippen LogP contribution in [0.15, 0.2) is 42.5 Å². The third-order valence-electron chi connectivity index (χ3n) is 4.67. The molecule has 3 rings (SSSR count). The van der Waals surface area contributed by atoms with Gasteiger partial charge < -0.3 is 14.8 Å². The van der Waals surface area contributed by atoms with Crippen LogP contribution in [0.1, 0.15) is 44.2 Å².